The topological polar surface area (TPSA) is 32.3 Å². The smallest absolute Gasteiger partial charge is 0.0701 e. The second-order valence-corrected chi connectivity index (χ2v) is 5.39. The highest BCUT2D eigenvalue weighted by Gasteiger charge is 2.06. The van der Waals surface area contributed by atoms with Gasteiger partial charge in [0.1, 0.15) is 0 Å². The number of hydrogen-bond donors (Lipinski definition) is 2. The van der Waals surface area contributed by atoms with Crippen LogP contribution in [0.1, 0.15) is 24.3 Å². The van der Waals surface area contributed by atoms with E-state index in [9.17, 15) is 0 Å². The number of halogens is 1. The van der Waals surface area contributed by atoms with Gasteiger partial charge in [-0.25, -0.2) is 0 Å². The first kappa shape index (κ1) is 11.2. The summed E-state index contributed by atoms with van der Waals surface area (Å²) in [6.45, 7) is 3.26. The number of aliphatic hydroxyl groups is 1. The lowest BCUT2D eigenvalue weighted by Gasteiger charge is -2.10. The van der Waals surface area contributed by atoms with Crippen molar-refractivity contribution in [2.24, 2.45) is 0 Å². The minimum Gasteiger partial charge on any atom is -0.396 e. The molecule has 1 heterocycles. The van der Waals surface area contributed by atoms with E-state index in [1.165, 1.54) is 8.66 Å². The molecule has 13 heavy (non-hydrogen) atoms. The summed E-state index contributed by atoms with van der Waals surface area (Å²) in [5.74, 6) is 0. The number of hydrogen-bond acceptors (Lipinski definition) is 3. The van der Waals surface area contributed by atoms with Crippen molar-refractivity contribution < 1.29 is 5.11 Å². The Hall–Kier alpha value is 0.1000. The van der Waals surface area contributed by atoms with E-state index >= 15 is 0 Å². The molecule has 1 atom stereocenters. The summed E-state index contributed by atoms with van der Waals surface area (Å²) in [6.07, 6.45) is 0.816. The van der Waals surface area contributed by atoms with Gasteiger partial charge in [0.25, 0.3) is 0 Å². The van der Waals surface area contributed by atoms with Crippen molar-refractivity contribution in [3.63, 3.8) is 0 Å². The second kappa shape index (κ2) is 5.75. The van der Waals surface area contributed by atoms with Gasteiger partial charge in [-0.1, -0.05) is 0 Å². The maximum Gasteiger partial charge on any atom is 0.0701 e. The summed E-state index contributed by atoms with van der Waals surface area (Å²) < 4.78 is 1.17. The number of nitrogens with one attached hydrogen (secondary N) is 1. The lowest BCUT2D eigenvalue weighted by Crippen LogP contribution is -2.19. The standard InChI is InChI=1S/C9H14BrNOS/c1-7(11-5-2-6-12)8-3-4-9(10)13-8/h3-4,7,11-12H,2,5-6H2,1H3/t7-/m0/s1. The lowest BCUT2D eigenvalue weighted by atomic mass is 10.2. The molecule has 1 aromatic rings. The van der Waals surface area contributed by atoms with Crippen LogP contribution in [-0.2, 0) is 0 Å². The molecule has 0 bridgehead atoms. The summed E-state index contributed by atoms with van der Waals surface area (Å²) in [4.78, 5) is 1.32. The quantitative estimate of drug-likeness (QED) is 0.801. The van der Waals surface area contributed by atoms with Gasteiger partial charge in [-0.05, 0) is 48.0 Å². The van der Waals surface area contributed by atoms with Crippen molar-refractivity contribution in [1.29, 1.82) is 0 Å². The summed E-state index contributed by atoms with van der Waals surface area (Å²) in [5.41, 5.74) is 0. The van der Waals surface area contributed by atoms with Crippen LogP contribution in [0, 0.1) is 0 Å². The van der Waals surface area contributed by atoms with Crippen LogP contribution in [0.25, 0.3) is 0 Å². The van der Waals surface area contributed by atoms with Gasteiger partial charge in [-0.15, -0.1) is 11.3 Å². The molecule has 2 nitrogen and oxygen atoms in total. The molecule has 1 aromatic heterocycles. The van der Waals surface area contributed by atoms with Crippen LogP contribution in [-0.4, -0.2) is 18.3 Å². The Balaban J connectivity index is 2.35. The van der Waals surface area contributed by atoms with Crippen LogP contribution < -0.4 is 5.32 Å². The third-order valence-corrected chi connectivity index (χ3v) is 3.61. The molecule has 0 radical (unpaired) electrons. The van der Waals surface area contributed by atoms with Crippen LogP contribution in [0.5, 0.6) is 0 Å². The highest BCUT2D eigenvalue weighted by atomic mass is 79.9. The maximum absolute atomic E-state index is 8.61. The molecular formula is C9H14BrNOS. The zero-order chi connectivity index (χ0) is 9.68. The molecule has 0 spiro atoms. The van der Waals surface area contributed by atoms with Gasteiger partial charge in [0.05, 0.1) is 3.79 Å². The first-order chi connectivity index (χ1) is 6.24. The summed E-state index contributed by atoms with van der Waals surface area (Å²) >= 11 is 5.18. The summed E-state index contributed by atoms with van der Waals surface area (Å²) in [7, 11) is 0. The Morgan fingerprint density at radius 2 is 2.38 bits per heavy atom. The molecule has 0 amide bonds. The third-order valence-electron chi connectivity index (χ3n) is 1.81. The molecule has 1 rings (SSSR count). The first-order valence-electron chi connectivity index (χ1n) is 4.33. The first-order valence-corrected chi connectivity index (χ1v) is 5.94. The largest absolute Gasteiger partial charge is 0.396 e. The molecule has 74 valence electrons. The minimum atomic E-state index is 0.258. The molecule has 2 N–H and O–H groups in total. The Bertz CT molecular complexity index is 252. The van der Waals surface area contributed by atoms with Gasteiger partial charge in [0, 0.05) is 17.5 Å². The summed E-state index contributed by atoms with van der Waals surface area (Å²) in [6, 6.07) is 4.55. The van der Waals surface area contributed by atoms with Crippen molar-refractivity contribution in [3.05, 3.63) is 20.8 Å². The van der Waals surface area contributed by atoms with Gasteiger partial charge >= 0.3 is 0 Å². The SMILES string of the molecule is C[C@H](NCCCO)c1ccc(Br)s1. The van der Waals surface area contributed by atoms with Crippen LogP contribution >= 0.6 is 27.3 Å². The normalized spacial score (nSPS) is 13.2. The molecule has 0 aromatic carbocycles. The van der Waals surface area contributed by atoms with Crippen LogP contribution in [0.15, 0.2) is 15.9 Å². The zero-order valence-electron chi connectivity index (χ0n) is 7.59. The monoisotopic (exact) mass is 263 g/mol. The Morgan fingerprint density at radius 1 is 1.62 bits per heavy atom. The number of thiophene rings is 1. The molecule has 4 heteroatoms. The fourth-order valence-corrected chi connectivity index (χ4v) is 2.51. The molecule has 0 unspecified atom stereocenters. The van der Waals surface area contributed by atoms with E-state index in [1.54, 1.807) is 11.3 Å². The van der Waals surface area contributed by atoms with Crippen molar-refractivity contribution >= 4 is 27.3 Å². The van der Waals surface area contributed by atoms with E-state index in [2.05, 4.69) is 40.3 Å². The fraction of sp³-hybridized carbons (Fsp3) is 0.556. The number of aliphatic hydroxyl groups excluding tert-OH is 1. The lowest BCUT2D eigenvalue weighted by molar-refractivity contribution is 0.284. The van der Waals surface area contributed by atoms with Crippen molar-refractivity contribution in [2.45, 2.75) is 19.4 Å². The van der Waals surface area contributed by atoms with Crippen LogP contribution in [0.3, 0.4) is 0 Å². The second-order valence-electron chi connectivity index (χ2n) is 2.89. The highest BCUT2D eigenvalue weighted by molar-refractivity contribution is 9.11. The van der Waals surface area contributed by atoms with Gasteiger partial charge in [-0.3, -0.25) is 0 Å². The molecule has 0 aliphatic rings. The van der Waals surface area contributed by atoms with Crippen LogP contribution in [0.4, 0.5) is 0 Å². The van der Waals surface area contributed by atoms with Gasteiger partial charge in [-0.2, -0.15) is 0 Å². The maximum atomic E-state index is 8.61. The van der Waals surface area contributed by atoms with E-state index < -0.39 is 0 Å². The predicted molar refractivity (Wildman–Crippen MR) is 60.1 cm³/mol. The molecule has 0 aliphatic carbocycles. The van der Waals surface area contributed by atoms with Gasteiger partial charge in [0.15, 0.2) is 0 Å². The van der Waals surface area contributed by atoms with Gasteiger partial charge in [0.2, 0.25) is 0 Å². The van der Waals surface area contributed by atoms with Crippen molar-refractivity contribution in [1.82, 2.24) is 5.32 Å². The highest BCUT2D eigenvalue weighted by Crippen LogP contribution is 2.26. The van der Waals surface area contributed by atoms with E-state index in [4.69, 9.17) is 5.11 Å². The molecule has 0 saturated carbocycles. The van der Waals surface area contributed by atoms with E-state index in [-0.39, 0.29) is 6.61 Å². The third kappa shape index (κ3) is 3.77. The zero-order valence-corrected chi connectivity index (χ0v) is 9.99. The van der Waals surface area contributed by atoms with Gasteiger partial charge < -0.3 is 10.4 Å². The van der Waals surface area contributed by atoms with Crippen LogP contribution in [0.2, 0.25) is 0 Å². The predicted octanol–water partition coefficient (Wildman–Crippen LogP) is 2.54. The molecule has 0 aliphatic heterocycles. The molecule has 0 saturated heterocycles. The summed E-state index contributed by atoms with van der Waals surface area (Å²) in [5, 5.41) is 12.0. The van der Waals surface area contributed by atoms with E-state index in [0.717, 1.165) is 13.0 Å². The van der Waals surface area contributed by atoms with Crippen molar-refractivity contribution in [2.75, 3.05) is 13.2 Å². The molecular weight excluding hydrogens is 250 g/mol. The average molecular weight is 264 g/mol. The molecule has 0 fully saturated rings. The Labute approximate surface area is 91.1 Å². The Kier molecular flexibility index (Phi) is 4.94. The van der Waals surface area contributed by atoms with E-state index in [1.807, 2.05) is 0 Å². The number of rotatable bonds is 5. The fourth-order valence-electron chi connectivity index (χ4n) is 1.06. The average Bonchev–Trinajstić information content (AvgIpc) is 2.52. The Morgan fingerprint density at radius 3 is 2.92 bits per heavy atom. The van der Waals surface area contributed by atoms with Crippen molar-refractivity contribution in [3.8, 4) is 0 Å². The minimum absolute atomic E-state index is 0.258. The van der Waals surface area contributed by atoms with E-state index in [0.29, 0.717) is 6.04 Å².